The number of amides is 1. The molecule has 0 radical (unpaired) electrons. The van der Waals surface area contributed by atoms with Crippen LogP contribution in [-0.4, -0.2) is 20.7 Å². The van der Waals surface area contributed by atoms with E-state index in [0.717, 1.165) is 6.07 Å². The number of halogens is 1. The summed E-state index contributed by atoms with van der Waals surface area (Å²) in [5, 5.41) is 6.56. The van der Waals surface area contributed by atoms with Crippen molar-refractivity contribution in [2.75, 3.05) is 5.32 Å². The van der Waals surface area contributed by atoms with Gasteiger partial charge in [0.15, 0.2) is 5.69 Å². The van der Waals surface area contributed by atoms with Crippen molar-refractivity contribution in [3.63, 3.8) is 0 Å². The van der Waals surface area contributed by atoms with Gasteiger partial charge in [0.25, 0.3) is 5.91 Å². The van der Waals surface area contributed by atoms with Crippen LogP contribution < -0.4 is 10.7 Å². The first-order valence-electron chi connectivity index (χ1n) is 6.45. The molecule has 0 bridgehead atoms. The highest BCUT2D eigenvalue weighted by Crippen LogP contribution is 2.11. The fraction of sp³-hybridized carbons (Fsp3) is 0.0667. The SMILES string of the molecule is Cn1nc(C(=O)Nc2ccccn2)c(=O)c2cc(F)ccc21. The molecule has 2 aromatic heterocycles. The van der Waals surface area contributed by atoms with Crippen molar-refractivity contribution in [2.45, 2.75) is 0 Å². The van der Waals surface area contributed by atoms with Crippen LogP contribution in [0.1, 0.15) is 10.5 Å². The summed E-state index contributed by atoms with van der Waals surface area (Å²) in [4.78, 5) is 28.5. The van der Waals surface area contributed by atoms with E-state index < -0.39 is 17.2 Å². The predicted molar refractivity (Wildman–Crippen MR) is 79.1 cm³/mol. The van der Waals surface area contributed by atoms with Gasteiger partial charge in [0.1, 0.15) is 11.6 Å². The number of carbonyl (C=O) groups excluding carboxylic acids is 1. The predicted octanol–water partition coefficient (Wildman–Crippen LogP) is 1.72. The maximum atomic E-state index is 13.3. The summed E-state index contributed by atoms with van der Waals surface area (Å²) in [7, 11) is 1.58. The summed E-state index contributed by atoms with van der Waals surface area (Å²) in [6.07, 6.45) is 1.51. The van der Waals surface area contributed by atoms with Gasteiger partial charge < -0.3 is 5.32 Å². The van der Waals surface area contributed by atoms with E-state index in [1.807, 2.05) is 0 Å². The molecule has 0 fully saturated rings. The molecule has 1 aromatic carbocycles. The average molecular weight is 298 g/mol. The number of benzene rings is 1. The summed E-state index contributed by atoms with van der Waals surface area (Å²) in [5.74, 6) is -0.937. The van der Waals surface area contributed by atoms with Crippen LogP contribution in [0.5, 0.6) is 0 Å². The van der Waals surface area contributed by atoms with Crippen LogP contribution in [0.4, 0.5) is 10.2 Å². The van der Waals surface area contributed by atoms with Crippen molar-refractivity contribution in [3.8, 4) is 0 Å². The van der Waals surface area contributed by atoms with Gasteiger partial charge in [-0.3, -0.25) is 14.3 Å². The Kier molecular flexibility index (Phi) is 3.38. The molecule has 0 spiro atoms. The van der Waals surface area contributed by atoms with Crippen LogP contribution in [0.3, 0.4) is 0 Å². The Morgan fingerprint density at radius 2 is 2.09 bits per heavy atom. The van der Waals surface area contributed by atoms with Crippen LogP contribution in [0, 0.1) is 5.82 Å². The number of aromatic nitrogens is 3. The first-order chi connectivity index (χ1) is 10.6. The molecule has 0 aliphatic rings. The Morgan fingerprint density at radius 3 is 2.82 bits per heavy atom. The van der Waals surface area contributed by atoms with Crippen LogP contribution in [-0.2, 0) is 7.05 Å². The largest absolute Gasteiger partial charge is 0.305 e. The molecule has 0 aliphatic carbocycles. The molecule has 0 saturated carbocycles. The molecule has 3 rings (SSSR count). The topological polar surface area (TPSA) is 76.9 Å². The number of hydrogen-bond acceptors (Lipinski definition) is 4. The zero-order valence-electron chi connectivity index (χ0n) is 11.6. The zero-order chi connectivity index (χ0) is 15.7. The minimum atomic E-state index is -0.689. The number of nitrogens with zero attached hydrogens (tertiary/aromatic N) is 3. The van der Waals surface area contributed by atoms with Crippen molar-refractivity contribution in [2.24, 2.45) is 7.05 Å². The summed E-state index contributed by atoms with van der Waals surface area (Å²) < 4.78 is 14.7. The Morgan fingerprint density at radius 1 is 1.27 bits per heavy atom. The number of hydrogen-bond donors (Lipinski definition) is 1. The van der Waals surface area contributed by atoms with Gasteiger partial charge in [0.05, 0.1) is 10.9 Å². The van der Waals surface area contributed by atoms with Crippen molar-refractivity contribution >= 4 is 22.6 Å². The third-order valence-corrected chi connectivity index (χ3v) is 3.14. The van der Waals surface area contributed by atoms with Gasteiger partial charge in [-0.05, 0) is 30.3 Å². The number of pyridine rings is 1. The second-order valence-corrected chi connectivity index (χ2v) is 4.63. The minimum Gasteiger partial charge on any atom is -0.305 e. The lowest BCUT2D eigenvalue weighted by molar-refractivity contribution is 0.101. The normalized spacial score (nSPS) is 10.6. The molecule has 7 heteroatoms. The van der Waals surface area contributed by atoms with Crippen LogP contribution in [0.25, 0.3) is 10.9 Å². The van der Waals surface area contributed by atoms with Crippen LogP contribution >= 0.6 is 0 Å². The van der Waals surface area contributed by atoms with E-state index in [1.165, 1.54) is 23.0 Å². The monoisotopic (exact) mass is 298 g/mol. The zero-order valence-corrected chi connectivity index (χ0v) is 11.6. The summed E-state index contributed by atoms with van der Waals surface area (Å²) in [6.45, 7) is 0. The van der Waals surface area contributed by atoms with E-state index in [0.29, 0.717) is 11.3 Å². The molecule has 110 valence electrons. The lowest BCUT2D eigenvalue weighted by Crippen LogP contribution is -2.26. The van der Waals surface area contributed by atoms with E-state index in [-0.39, 0.29) is 11.1 Å². The highest BCUT2D eigenvalue weighted by Gasteiger charge is 2.17. The van der Waals surface area contributed by atoms with Gasteiger partial charge in [-0.25, -0.2) is 9.37 Å². The van der Waals surface area contributed by atoms with Gasteiger partial charge in [-0.1, -0.05) is 6.07 Å². The Balaban J connectivity index is 2.09. The maximum Gasteiger partial charge on any atom is 0.281 e. The third kappa shape index (κ3) is 2.44. The van der Waals surface area contributed by atoms with Crippen LogP contribution in [0.2, 0.25) is 0 Å². The summed E-state index contributed by atoms with van der Waals surface area (Å²) >= 11 is 0. The van der Waals surface area contributed by atoms with Crippen molar-refractivity contribution in [1.29, 1.82) is 0 Å². The van der Waals surface area contributed by atoms with Gasteiger partial charge in [0, 0.05) is 13.2 Å². The smallest absolute Gasteiger partial charge is 0.281 e. The molecular formula is C15H11FN4O2. The van der Waals surface area contributed by atoms with E-state index in [1.54, 1.807) is 25.2 Å². The number of rotatable bonds is 2. The molecule has 0 atom stereocenters. The maximum absolute atomic E-state index is 13.3. The van der Waals surface area contributed by atoms with E-state index in [9.17, 15) is 14.0 Å². The Hall–Kier alpha value is -3.09. The van der Waals surface area contributed by atoms with Crippen LogP contribution in [0.15, 0.2) is 47.4 Å². The molecule has 2 heterocycles. The fourth-order valence-electron chi connectivity index (χ4n) is 2.11. The van der Waals surface area contributed by atoms with Gasteiger partial charge in [-0.15, -0.1) is 0 Å². The lowest BCUT2D eigenvalue weighted by Gasteiger charge is -2.08. The molecule has 3 aromatic rings. The quantitative estimate of drug-likeness (QED) is 0.781. The highest BCUT2D eigenvalue weighted by molar-refractivity contribution is 6.03. The Bertz CT molecular complexity index is 922. The second kappa shape index (κ2) is 5.36. The number of nitrogens with one attached hydrogen (secondary N) is 1. The average Bonchev–Trinajstić information content (AvgIpc) is 2.51. The standard InChI is InChI=1S/C15H11FN4O2/c1-20-11-6-5-9(16)8-10(11)14(21)13(19-20)15(22)18-12-4-2-3-7-17-12/h2-8H,1H3,(H,17,18,22). The van der Waals surface area contributed by atoms with Crippen molar-refractivity contribution < 1.29 is 9.18 Å². The van der Waals surface area contributed by atoms with Gasteiger partial charge >= 0.3 is 0 Å². The molecular weight excluding hydrogens is 287 g/mol. The molecule has 1 amide bonds. The van der Waals surface area contributed by atoms with E-state index >= 15 is 0 Å². The van der Waals surface area contributed by atoms with E-state index in [4.69, 9.17) is 0 Å². The second-order valence-electron chi connectivity index (χ2n) is 4.63. The lowest BCUT2D eigenvalue weighted by atomic mass is 10.2. The summed E-state index contributed by atoms with van der Waals surface area (Å²) in [6, 6.07) is 8.76. The van der Waals surface area contributed by atoms with E-state index in [2.05, 4.69) is 15.4 Å². The molecule has 22 heavy (non-hydrogen) atoms. The molecule has 0 unspecified atom stereocenters. The third-order valence-electron chi connectivity index (χ3n) is 3.14. The summed E-state index contributed by atoms with van der Waals surface area (Å²) in [5.41, 5.74) is -0.493. The number of aryl methyl sites for hydroxylation is 1. The molecule has 0 aliphatic heterocycles. The molecule has 1 N–H and O–H groups in total. The molecule has 6 nitrogen and oxygen atoms in total. The fourth-order valence-corrected chi connectivity index (χ4v) is 2.11. The first kappa shape index (κ1) is 13.9. The van der Waals surface area contributed by atoms with Gasteiger partial charge in [-0.2, -0.15) is 5.10 Å². The van der Waals surface area contributed by atoms with Crippen molar-refractivity contribution in [3.05, 3.63) is 64.3 Å². The molecule has 0 saturated heterocycles. The number of anilines is 1. The highest BCUT2D eigenvalue weighted by atomic mass is 19.1. The first-order valence-corrected chi connectivity index (χ1v) is 6.45. The Labute approximate surface area is 124 Å². The minimum absolute atomic E-state index is 0.101. The van der Waals surface area contributed by atoms with Crippen molar-refractivity contribution in [1.82, 2.24) is 14.8 Å². The number of fused-ring (bicyclic) bond motifs is 1. The number of carbonyl (C=O) groups is 1. The van der Waals surface area contributed by atoms with Gasteiger partial charge in [0.2, 0.25) is 5.43 Å².